The molecule has 178 valence electrons. The minimum absolute atomic E-state index is 0.241. The molecular weight excluding hydrogens is 406 g/mol. The molecule has 1 rings (SSSR count). The van der Waals surface area contributed by atoms with Gasteiger partial charge in [0, 0.05) is 20.0 Å². The molecular formula is C25H47N3O2S+2. The summed E-state index contributed by atoms with van der Waals surface area (Å²) in [5, 5.41) is 0. The Morgan fingerprint density at radius 2 is 1.42 bits per heavy atom. The largest absolute Gasteiger partial charge is 0.326 e. The predicted molar refractivity (Wildman–Crippen MR) is 133 cm³/mol. The van der Waals surface area contributed by atoms with Gasteiger partial charge in [0.15, 0.2) is 0 Å². The Hall–Kier alpha value is -1.21. The summed E-state index contributed by atoms with van der Waals surface area (Å²) in [7, 11) is 4.25. The lowest BCUT2D eigenvalue weighted by Gasteiger charge is -2.37. The van der Waals surface area contributed by atoms with Crippen molar-refractivity contribution in [3.05, 3.63) is 35.4 Å². The molecule has 0 saturated carbocycles. The maximum Gasteiger partial charge on any atom is 0.243 e. The first-order chi connectivity index (χ1) is 14.3. The highest BCUT2D eigenvalue weighted by Crippen LogP contribution is 2.34. The number of nitrogens with zero attached hydrogens (tertiary/aromatic N) is 3. The smallest absolute Gasteiger partial charge is 0.243 e. The first-order valence-electron chi connectivity index (χ1n) is 11.7. The van der Waals surface area contributed by atoms with Crippen molar-refractivity contribution in [1.82, 2.24) is 4.31 Å². The lowest BCUT2D eigenvalue weighted by Crippen LogP contribution is -2.47. The highest BCUT2D eigenvalue weighted by Gasteiger charge is 2.31. The second kappa shape index (κ2) is 11.1. The highest BCUT2D eigenvalue weighted by atomic mass is 32.2. The van der Waals surface area contributed by atoms with Crippen LogP contribution in [-0.2, 0) is 10.0 Å². The van der Waals surface area contributed by atoms with E-state index < -0.39 is 10.0 Å². The van der Waals surface area contributed by atoms with Crippen molar-refractivity contribution >= 4 is 15.6 Å². The minimum atomic E-state index is -3.54. The maximum absolute atomic E-state index is 13.2. The van der Waals surface area contributed by atoms with E-state index in [9.17, 15) is 8.42 Å². The average Bonchev–Trinajstić information content (AvgIpc) is 2.73. The van der Waals surface area contributed by atoms with E-state index in [0.717, 1.165) is 53.8 Å². The van der Waals surface area contributed by atoms with Crippen molar-refractivity contribution in [3.8, 4) is 0 Å². The third-order valence-corrected chi connectivity index (χ3v) is 9.15. The minimum Gasteiger partial charge on any atom is -0.326 e. The van der Waals surface area contributed by atoms with Gasteiger partial charge in [0.05, 0.1) is 51.7 Å². The first-order valence-corrected chi connectivity index (χ1v) is 13.1. The summed E-state index contributed by atoms with van der Waals surface area (Å²) >= 11 is 0. The van der Waals surface area contributed by atoms with Crippen LogP contribution < -0.4 is 0 Å². The average molecular weight is 454 g/mol. The Labute approximate surface area is 192 Å². The second-order valence-electron chi connectivity index (χ2n) is 9.72. The fourth-order valence-electron chi connectivity index (χ4n) is 4.37. The van der Waals surface area contributed by atoms with E-state index in [2.05, 4.69) is 55.6 Å². The molecule has 0 N–H and O–H groups in total. The van der Waals surface area contributed by atoms with Crippen LogP contribution in [0.4, 0.5) is 0 Å². The Balaban J connectivity index is 3.76. The molecule has 31 heavy (non-hydrogen) atoms. The van der Waals surface area contributed by atoms with Gasteiger partial charge in [0.25, 0.3) is 0 Å². The van der Waals surface area contributed by atoms with Crippen LogP contribution in [-0.4, -0.2) is 89.1 Å². The number of benzene rings is 1. The van der Waals surface area contributed by atoms with Crippen LogP contribution in [0.2, 0.25) is 0 Å². The van der Waals surface area contributed by atoms with Gasteiger partial charge in [-0.25, -0.2) is 12.7 Å². The summed E-state index contributed by atoms with van der Waals surface area (Å²) in [6, 6.07) is 7.54. The van der Waals surface area contributed by atoms with Crippen LogP contribution in [0.3, 0.4) is 0 Å². The molecule has 1 aromatic rings. The topological polar surface area (TPSA) is 37.4 Å². The normalized spacial score (nSPS) is 15.2. The molecule has 0 fully saturated rings. The van der Waals surface area contributed by atoms with Gasteiger partial charge in [0.2, 0.25) is 10.0 Å². The molecule has 0 aliphatic heterocycles. The number of rotatable bonds is 12. The molecule has 6 heteroatoms. The zero-order chi connectivity index (χ0) is 24.0. The van der Waals surface area contributed by atoms with Gasteiger partial charge >= 0.3 is 0 Å². The zero-order valence-corrected chi connectivity index (χ0v) is 22.5. The molecule has 0 aromatic heterocycles. The van der Waals surface area contributed by atoms with Crippen molar-refractivity contribution in [2.75, 3.05) is 67.5 Å². The van der Waals surface area contributed by atoms with Gasteiger partial charge in [-0.15, -0.1) is 0 Å². The van der Waals surface area contributed by atoms with Crippen molar-refractivity contribution in [1.29, 1.82) is 0 Å². The lowest BCUT2D eigenvalue weighted by molar-refractivity contribution is -0.908. The third kappa shape index (κ3) is 6.64. The van der Waals surface area contributed by atoms with Crippen molar-refractivity contribution in [3.63, 3.8) is 0 Å². The van der Waals surface area contributed by atoms with E-state index in [1.807, 2.05) is 18.2 Å². The molecule has 1 unspecified atom stereocenters. The molecule has 0 spiro atoms. The molecule has 0 bridgehead atoms. The molecule has 0 heterocycles. The van der Waals surface area contributed by atoms with Crippen LogP contribution in [0.5, 0.6) is 0 Å². The van der Waals surface area contributed by atoms with Gasteiger partial charge in [0.1, 0.15) is 6.54 Å². The maximum atomic E-state index is 13.2. The monoisotopic (exact) mass is 453 g/mol. The van der Waals surface area contributed by atoms with E-state index in [1.165, 1.54) is 15.5 Å². The fraction of sp³-hybridized carbons (Fsp3) is 0.680. The number of hydrogen-bond donors (Lipinski definition) is 0. The van der Waals surface area contributed by atoms with Crippen LogP contribution >= 0.6 is 0 Å². The highest BCUT2D eigenvalue weighted by molar-refractivity contribution is 7.89. The number of hydrogen-bond acceptors (Lipinski definition) is 2. The van der Waals surface area contributed by atoms with Crippen molar-refractivity contribution in [2.45, 2.75) is 46.4 Å². The second-order valence-corrected chi connectivity index (χ2v) is 11.8. The fourth-order valence-corrected chi connectivity index (χ4v) is 5.47. The summed E-state index contributed by atoms with van der Waals surface area (Å²) < 4.78 is 29.6. The third-order valence-electron chi connectivity index (χ3n) is 7.28. The zero-order valence-electron chi connectivity index (χ0n) is 21.7. The molecule has 0 aliphatic carbocycles. The van der Waals surface area contributed by atoms with Gasteiger partial charge in [-0.1, -0.05) is 25.1 Å². The molecule has 1 aromatic carbocycles. The van der Waals surface area contributed by atoms with Gasteiger partial charge in [-0.3, -0.25) is 0 Å². The number of quaternary nitrogens is 2. The standard InChI is InChI=1S/C25H47N3O2S/c1-11-27(9,12-2)19-21(5)25(22(6)20-28(10,13-3)14-4)23-17-15-16-18-24(23)31(29,30)26(7)8/h15-18,21H,11-14,19-20H2,1-10H3/q+2/b25-22+. The molecule has 0 saturated heterocycles. The molecule has 0 radical (unpaired) electrons. The van der Waals surface area contributed by atoms with Crippen LogP contribution in [0.25, 0.3) is 5.57 Å². The summed E-state index contributed by atoms with van der Waals surface area (Å²) in [4.78, 5) is 0.408. The first kappa shape index (κ1) is 27.8. The molecule has 0 amide bonds. The lowest BCUT2D eigenvalue weighted by atomic mass is 9.88. The quantitative estimate of drug-likeness (QED) is 0.442. The van der Waals surface area contributed by atoms with Gasteiger partial charge < -0.3 is 8.97 Å². The summed E-state index contributed by atoms with van der Waals surface area (Å²) in [5.74, 6) is 0.241. The number of sulfonamides is 1. The van der Waals surface area contributed by atoms with Gasteiger partial charge in [-0.05, 0) is 57.4 Å². The van der Waals surface area contributed by atoms with E-state index >= 15 is 0 Å². The van der Waals surface area contributed by atoms with Crippen LogP contribution in [0, 0.1) is 5.92 Å². The van der Waals surface area contributed by atoms with E-state index in [1.54, 1.807) is 20.2 Å². The Bertz CT molecular complexity index is 851. The number of likely N-dealkylation sites (N-methyl/N-ethyl adjacent to an activating group) is 1. The summed E-state index contributed by atoms with van der Waals surface area (Å²) in [5.41, 5.74) is 3.34. The van der Waals surface area contributed by atoms with Gasteiger partial charge in [-0.2, -0.15) is 0 Å². The molecule has 0 aliphatic rings. The van der Waals surface area contributed by atoms with Crippen molar-refractivity contribution < 1.29 is 17.4 Å². The Morgan fingerprint density at radius 3 is 1.87 bits per heavy atom. The predicted octanol–water partition coefficient (Wildman–Crippen LogP) is 4.32. The SMILES string of the molecule is CC[N+](C)(CC)C/C(C)=C(/c1ccccc1S(=O)(=O)N(C)C)C(C)C[N+](C)(CC)CC. The Morgan fingerprint density at radius 1 is 0.935 bits per heavy atom. The summed E-state index contributed by atoms with van der Waals surface area (Å²) in [6.45, 7) is 19.5. The molecule has 1 atom stereocenters. The van der Waals surface area contributed by atoms with E-state index in [4.69, 9.17) is 0 Å². The van der Waals surface area contributed by atoms with Crippen LogP contribution in [0.15, 0.2) is 34.7 Å². The van der Waals surface area contributed by atoms with E-state index in [0.29, 0.717) is 4.90 Å². The van der Waals surface area contributed by atoms with Crippen LogP contribution in [0.1, 0.15) is 47.1 Å². The molecule has 5 nitrogen and oxygen atoms in total. The van der Waals surface area contributed by atoms with Crippen molar-refractivity contribution in [2.24, 2.45) is 5.92 Å². The summed E-state index contributed by atoms with van der Waals surface area (Å²) in [6.07, 6.45) is 0. The Kier molecular flexibility index (Phi) is 9.95. The van der Waals surface area contributed by atoms with E-state index in [-0.39, 0.29) is 5.92 Å².